The molecule has 0 radical (unpaired) electrons. The number of carbonyl (C=O) groups is 2. The molecule has 1 atom stereocenters. The number of benzene rings is 1. The van der Waals surface area contributed by atoms with E-state index in [9.17, 15) is 9.59 Å². The molecule has 0 aliphatic carbocycles. The van der Waals surface area contributed by atoms with E-state index in [0.717, 1.165) is 12.8 Å². The number of carbonyl (C=O) groups excluding carboxylic acids is 2. The summed E-state index contributed by atoms with van der Waals surface area (Å²) in [4.78, 5) is 26.1. The fourth-order valence-corrected chi connectivity index (χ4v) is 2.56. The molecule has 1 fully saturated rings. The normalized spacial score (nSPS) is 17.9. The van der Waals surface area contributed by atoms with E-state index in [2.05, 4.69) is 11.2 Å². The van der Waals surface area contributed by atoms with Crippen LogP contribution >= 0.6 is 11.6 Å². The molecule has 0 aromatic heterocycles. The number of hydrogen-bond donors (Lipinski definition) is 1. The lowest BCUT2D eigenvalue weighted by atomic mass is 9.96. The highest BCUT2D eigenvalue weighted by atomic mass is 35.5. The summed E-state index contributed by atoms with van der Waals surface area (Å²) in [6.07, 6.45) is 6.72. The molecular formula is C16H17ClN2O2. The maximum Gasteiger partial charge on any atom is 0.253 e. The molecule has 1 aliphatic heterocycles. The van der Waals surface area contributed by atoms with E-state index >= 15 is 0 Å². The number of rotatable bonds is 3. The maximum atomic E-state index is 12.4. The van der Waals surface area contributed by atoms with Gasteiger partial charge in [-0.25, -0.2) is 0 Å². The monoisotopic (exact) mass is 304 g/mol. The molecule has 1 N–H and O–H groups in total. The summed E-state index contributed by atoms with van der Waals surface area (Å²) in [5.74, 6) is 2.04. The first-order valence-electron chi connectivity index (χ1n) is 6.88. The number of likely N-dealkylation sites (tertiary alicyclic amines) is 1. The fourth-order valence-electron chi connectivity index (χ4n) is 2.43. The predicted molar refractivity (Wildman–Crippen MR) is 81.9 cm³/mol. The van der Waals surface area contributed by atoms with E-state index in [0.29, 0.717) is 23.7 Å². The molecule has 0 saturated carbocycles. The van der Waals surface area contributed by atoms with Gasteiger partial charge < -0.3 is 10.2 Å². The van der Waals surface area contributed by atoms with Gasteiger partial charge in [-0.3, -0.25) is 9.59 Å². The van der Waals surface area contributed by atoms with Crippen LogP contribution in [0.1, 0.15) is 23.2 Å². The molecule has 5 heteroatoms. The van der Waals surface area contributed by atoms with Crippen LogP contribution in [-0.4, -0.2) is 36.3 Å². The number of piperidine rings is 1. The molecule has 21 heavy (non-hydrogen) atoms. The highest BCUT2D eigenvalue weighted by Crippen LogP contribution is 2.19. The molecule has 1 unspecified atom stereocenters. The fraction of sp³-hybridized carbons (Fsp3) is 0.375. The van der Waals surface area contributed by atoms with E-state index in [1.807, 2.05) is 0 Å². The number of amides is 2. The molecule has 1 aromatic carbocycles. The van der Waals surface area contributed by atoms with E-state index in [4.69, 9.17) is 18.0 Å². The molecule has 2 amide bonds. The Morgan fingerprint density at radius 3 is 2.76 bits per heavy atom. The zero-order chi connectivity index (χ0) is 15.2. The number of halogens is 1. The van der Waals surface area contributed by atoms with Crippen molar-refractivity contribution in [1.82, 2.24) is 10.2 Å². The Labute approximate surface area is 129 Å². The molecule has 0 spiro atoms. The van der Waals surface area contributed by atoms with Crippen LogP contribution < -0.4 is 5.32 Å². The van der Waals surface area contributed by atoms with Gasteiger partial charge in [-0.15, -0.1) is 6.42 Å². The second kappa shape index (κ2) is 7.14. The molecule has 1 aliphatic rings. The lowest BCUT2D eigenvalue weighted by molar-refractivity contribution is -0.126. The molecule has 0 bridgehead atoms. The van der Waals surface area contributed by atoms with Crippen molar-refractivity contribution in [1.29, 1.82) is 0 Å². The Balaban J connectivity index is 2.00. The summed E-state index contributed by atoms with van der Waals surface area (Å²) in [5, 5.41) is 3.27. The number of hydrogen-bond acceptors (Lipinski definition) is 2. The minimum absolute atomic E-state index is 0.0684. The van der Waals surface area contributed by atoms with Crippen LogP contribution in [0, 0.1) is 18.3 Å². The largest absolute Gasteiger partial charge is 0.345 e. The van der Waals surface area contributed by atoms with Crippen molar-refractivity contribution >= 4 is 23.4 Å². The van der Waals surface area contributed by atoms with Gasteiger partial charge >= 0.3 is 0 Å². The van der Waals surface area contributed by atoms with Crippen molar-refractivity contribution in [2.45, 2.75) is 12.8 Å². The molecule has 110 valence electrons. The van der Waals surface area contributed by atoms with Gasteiger partial charge in [-0.2, -0.15) is 0 Å². The summed E-state index contributed by atoms with van der Waals surface area (Å²) < 4.78 is 0. The first-order valence-corrected chi connectivity index (χ1v) is 7.25. The van der Waals surface area contributed by atoms with Gasteiger partial charge in [0.1, 0.15) is 0 Å². The zero-order valence-corrected chi connectivity index (χ0v) is 12.4. The quantitative estimate of drug-likeness (QED) is 0.868. The smallest absolute Gasteiger partial charge is 0.253 e. The van der Waals surface area contributed by atoms with Gasteiger partial charge in [0.15, 0.2) is 0 Å². The number of terminal acetylenes is 1. The van der Waals surface area contributed by atoms with Gasteiger partial charge in [-0.1, -0.05) is 17.5 Å². The van der Waals surface area contributed by atoms with Crippen LogP contribution in [0.3, 0.4) is 0 Å². The Kier molecular flexibility index (Phi) is 5.24. The molecule has 1 aromatic rings. The van der Waals surface area contributed by atoms with Gasteiger partial charge in [0.05, 0.1) is 12.5 Å². The van der Waals surface area contributed by atoms with Crippen LogP contribution in [0.4, 0.5) is 0 Å². The Morgan fingerprint density at radius 1 is 1.38 bits per heavy atom. The van der Waals surface area contributed by atoms with Crippen LogP contribution in [0.2, 0.25) is 5.02 Å². The Morgan fingerprint density at radius 2 is 2.10 bits per heavy atom. The minimum atomic E-state index is -0.191. The standard InChI is InChI=1S/C16H17ClN2O2/c1-2-9-18-15(20)13-4-3-10-19(11-13)16(21)12-5-7-14(17)8-6-12/h1,5-8,13H,3-4,9-11H2,(H,18,20). The summed E-state index contributed by atoms with van der Waals surface area (Å²) in [5.41, 5.74) is 0.587. The molecule has 2 rings (SSSR count). The lowest BCUT2D eigenvalue weighted by Gasteiger charge is -2.32. The maximum absolute atomic E-state index is 12.4. The Bertz CT molecular complexity index is 563. The second-order valence-electron chi connectivity index (χ2n) is 5.02. The van der Waals surface area contributed by atoms with Crippen molar-refractivity contribution < 1.29 is 9.59 Å². The topological polar surface area (TPSA) is 49.4 Å². The molecule has 4 nitrogen and oxygen atoms in total. The van der Waals surface area contributed by atoms with Gasteiger partial charge in [0.2, 0.25) is 5.91 Å². The van der Waals surface area contributed by atoms with Gasteiger partial charge in [0, 0.05) is 23.7 Å². The van der Waals surface area contributed by atoms with E-state index < -0.39 is 0 Å². The summed E-state index contributed by atoms with van der Waals surface area (Å²) in [7, 11) is 0. The number of nitrogens with zero attached hydrogens (tertiary/aromatic N) is 1. The third-order valence-electron chi connectivity index (χ3n) is 3.54. The third kappa shape index (κ3) is 3.99. The highest BCUT2D eigenvalue weighted by molar-refractivity contribution is 6.30. The first kappa shape index (κ1) is 15.4. The predicted octanol–water partition coefficient (Wildman–Crippen LogP) is 1.94. The second-order valence-corrected chi connectivity index (χ2v) is 5.46. The summed E-state index contributed by atoms with van der Waals surface area (Å²) in [6.45, 7) is 1.32. The molecular weight excluding hydrogens is 288 g/mol. The van der Waals surface area contributed by atoms with Crippen LogP contribution in [0.15, 0.2) is 24.3 Å². The third-order valence-corrected chi connectivity index (χ3v) is 3.79. The van der Waals surface area contributed by atoms with Crippen molar-refractivity contribution in [3.63, 3.8) is 0 Å². The van der Waals surface area contributed by atoms with Crippen molar-refractivity contribution in [3.8, 4) is 12.3 Å². The van der Waals surface area contributed by atoms with Crippen molar-refractivity contribution in [2.24, 2.45) is 5.92 Å². The van der Waals surface area contributed by atoms with Gasteiger partial charge in [-0.05, 0) is 37.1 Å². The van der Waals surface area contributed by atoms with Gasteiger partial charge in [0.25, 0.3) is 5.91 Å². The van der Waals surface area contributed by atoms with E-state index in [-0.39, 0.29) is 24.3 Å². The van der Waals surface area contributed by atoms with Crippen molar-refractivity contribution in [2.75, 3.05) is 19.6 Å². The van der Waals surface area contributed by atoms with E-state index in [1.165, 1.54) is 0 Å². The number of nitrogens with one attached hydrogen (secondary N) is 1. The van der Waals surface area contributed by atoms with Crippen LogP contribution in [0.25, 0.3) is 0 Å². The lowest BCUT2D eigenvalue weighted by Crippen LogP contribution is -2.45. The minimum Gasteiger partial charge on any atom is -0.345 e. The molecule has 1 saturated heterocycles. The SMILES string of the molecule is C#CCNC(=O)C1CCCN(C(=O)c2ccc(Cl)cc2)C1. The molecule has 1 heterocycles. The van der Waals surface area contributed by atoms with Crippen LogP contribution in [0.5, 0.6) is 0 Å². The van der Waals surface area contributed by atoms with Crippen LogP contribution in [-0.2, 0) is 4.79 Å². The summed E-state index contributed by atoms with van der Waals surface area (Å²) >= 11 is 5.82. The van der Waals surface area contributed by atoms with Crippen molar-refractivity contribution in [3.05, 3.63) is 34.9 Å². The highest BCUT2D eigenvalue weighted by Gasteiger charge is 2.28. The zero-order valence-electron chi connectivity index (χ0n) is 11.6. The first-order chi connectivity index (χ1) is 10.1. The average molecular weight is 305 g/mol. The van der Waals surface area contributed by atoms with E-state index in [1.54, 1.807) is 29.2 Å². The Hall–Kier alpha value is -1.99. The summed E-state index contributed by atoms with van der Waals surface area (Å²) in [6, 6.07) is 6.78. The average Bonchev–Trinajstić information content (AvgIpc) is 2.52.